The average molecular weight is 288 g/mol. The van der Waals surface area contributed by atoms with E-state index in [1.165, 1.54) is 5.56 Å². The van der Waals surface area contributed by atoms with Gasteiger partial charge in [0.2, 0.25) is 0 Å². The molecule has 1 saturated carbocycles. The molecule has 21 heavy (non-hydrogen) atoms. The number of carbonyl (C=O) groups excluding carboxylic acids is 1. The Bertz CT molecular complexity index is 452. The zero-order chi connectivity index (χ0) is 14.9. The van der Waals surface area contributed by atoms with Gasteiger partial charge in [-0.2, -0.15) is 0 Å². The number of benzene rings is 1. The summed E-state index contributed by atoms with van der Waals surface area (Å²) in [5.74, 6) is 0.600. The first-order valence-corrected chi connectivity index (χ1v) is 8.12. The van der Waals surface area contributed by atoms with Crippen LogP contribution in [0.25, 0.3) is 0 Å². The summed E-state index contributed by atoms with van der Waals surface area (Å²) in [5, 5.41) is 0. The van der Waals surface area contributed by atoms with Crippen molar-refractivity contribution in [3.63, 3.8) is 0 Å². The third-order valence-corrected chi connectivity index (χ3v) is 4.15. The Labute approximate surface area is 127 Å². The van der Waals surface area contributed by atoms with Crippen LogP contribution in [0, 0.1) is 5.92 Å². The quantitative estimate of drug-likeness (QED) is 0.506. The van der Waals surface area contributed by atoms with E-state index in [9.17, 15) is 9.18 Å². The molecule has 1 aromatic carbocycles. The highest BCUT2D eigenvalue weighted by Gasteiger charge is 2.17. The molecular formula is C19H25FO. The van der Waals surface area contributed by atoms with Crippen LogP contribution in [-0.2, 0) is 11.2 Å². The van der Waals surface area contributed by atoms with Crippen LogP contribution < -0.4 is 0 Å². The lowest BCUT2D eigenvalue weighted by atomic mass is 9.88. The number of Topliss-reactive ketones (excluding diaryl/α,β-unsaturated/α-hetero) is 1. The molecule has 2 atom stereocenters. The van der Waals surface area contributed by atoms with Crippen molar-refractivity contribution in [2.24, 2.45) is 5.92 Å². The predicted octanol–water partition coefficient (Wildman–Crippen LogP) is 5.05. The zero-order valence-electron chi connectivity index (χ0n) is 12.6. The highest BCUT2D eigenvalue weighted by Crippen LogP contribution is 2.23. The molecule has 114 valence electrons. The van der Waals surface area contributed by atoms with Crippen LogP contribution in [0.2, 0.25) is 0 Å². The monoisotopic (exact) mass is 288 g/mol. The van der Waals surface area contributed by atoms with Crippen molar-refractivity contribution >= 4 is 5.78 Å². The first-order chi connectivity index (χ1) is 10.2. The Morgan fingerprint density at radius 1 is 1.24 bits per heavy atom. The van der Waals surface area contributed by atoms with Crippen LogP contribution in [-0.4, -0.2) is 12.0 Å². The lowest BCUT2D eigenvalue weighted by Gasteiger charge is -2.17. The Morgan fingerprint density at radius 3 is 2.81 bits per heavy atom. The molecule has 1 aliphatic carbocycles. The van der Waals surface area contributed by atoms with Crippen LogP contribution in [0.3, 0.4) is 0 Å². The molecule has 0 aromatic heterocycles. The summed E-state index contributed by atoms with van der Waals surface area (Å²) in [4.78, 5) is 11.3. The molecule has 1 nitrogen and oxygen atoms in total. The number of rotatable bonds is 7. The summed E-state index contributed by atoms with van der Waals surface area (Å²) in [6, 6.07) is 10.3. The van der Waals surface area contributed by atoms with Crippen molar-refractivity contribution in [3.8, 4) is 0 Å². The largest absolute Gasteiger partial charge is 0.300 e. The van der Waals surface area contributed by atoms with Gasteiger partial charge < -0.3 is 0 Å². The van der Waals surface area contributed by atoms with Crippen molar-refractivity contribution in [1.29, 1.82) is 0 Å². The van der Waals surface area contributed by atoms with Gasteiger partial charge >= 0.3 is 0 Å². The second-order valence-electron chi connectivity index (χ2n) is 6.03. The smallest absolute Gasteiger partial charge is 0.133 e. The lowest BCUT2D eigenvalue weighted by molar-refractivity contribution is -0.121. The number of unbranched alkanes of at least 4 members (excludes halogenated alkanes) is 1. The van der Waals surface area contributed by atoms with Crippen LogP contribution in [0.5, 0.6) is 0 Å². The van der Waals surface area contributed by atoms with E-state index in [4.69, 9.17) is 0 Å². The minimum atomic E-state index is -0.863. The average Bonchev–Trinajstić information content (AvgIpc) is 2.51. The fourth-order valence-corrected chi connectivity index (χ4v) is 2.91. The first-order valence-electron chi connectivity index (χ1n) is 8.12. The van der Waals surface area contributed by atoms with Crippen molar-refractivity contribution in [3.05, 3.63) is 48.0 Å². The maximum atomic E-state index is 13.8. The molecule has 1 fully saturated rings. The van der Waals surface area contributed by atoms with Crippen LogP contribution in [0.4, 0.5) is 4.39 Å². The number of allylic oxidation sites excluding steroid dienone is 2. The summed E-state index contributed by atoms with van der Waals surface area (Å²) < 4.78 is 13.8. The van der Waals surface area contributed by atoms with E-state index >= 15 is 0 Å². The Hall–Kier alpha value is -1.44. The van der Waals surface area contributed by atoms with Gasteiger partial charge in [-0.1, -0.05) is 42.5 Å². The zero-order valence-corrected chi connectivity index (χ0v) is 12.6. The number of hydrogen-bond donors (Lipinski definition) is 0. The van der Waals surface area contributed by atoms with Gasteiger partial charge in [-0.3, -0.25) is 4.79 Å². The van der Waals surface area contributed by atoms with E-state index in [1.807, 2.05) is 24.3 Å². The molecule has 0 spiro atoms. The maximum absolute atomic E-state index is 13.8. The van der Waals surface area contributed by atoms with Crippen LogP contribution >= 0.6 is 0 Å². The number of alkyl halides is 1. The molecule has 0 heterocycles. The fourth-order valence-electron chi connectivity index (χ4n) is 2.91. The molecule has 2 rings (SSSR count). The van der Waals surface area contributed by atoms with E-state index in [-0.39, 0.29) is 5.92 Å². The van der Waals surface area contributed by atoms with Gasteiger partial charge in [0.05, 0.1) is 0 Å². The second-order valence-corrected chi connectivity index (χ2v) is 6.03. The molecule has 0 bridgehead atoms. The highest BCUT2D eigenvalue weighted by atomic mass is 19.1. The van der Waals surface area contributed by atoms with Gasteiger partial charge in [0.25, 0.3) is 0 Å². The number of ketones is 1. The molecule has 0 amide bonds. The summed E-state index contributed by atoms with van der Waals surface area (Å²) in [6.45, 7) is 0. The standard InChI is InChI=1S/C19H25FO/c20-18(14-13-17-10-6-12-19(21)15-17)11-5-4-9-16-7-2-1-3-8-16/h1-3,7-8,13-14,17-18H,4-6,9-12,15H2/b14-13+/t17-,18-/m0/s1. The topological polar surface area (TPSA) is 17.1 Å². The Balaban J connectivity index is 1.61. The van der Waals surface area contributed by atoms with Crippen molar-refractivity contribution in [2.75, 3.05) is 0 Å². The summed E-state index contributed by atoms with van der Waals surface area (Å²) in [6.07, 6.45) is 9.59. The van der Waals surface area contributed by atoms with E-state index in [1.54, 1.807) is 6.08 Å². The number of hydrogen-bond acceptors (Lipinski definition) is 1. The van der Waals surface area contributed by atoms with Gasteiger partial charge in [-0.25, -0.2) is 4.39 Å². The molecule has 0 N–H and O–H groups in total. The third kappa shape index (κ3) is 6.24. The van der Waals surface area contributed by atoms with E-state index in [0.717, 1.165) is 32.1 Å². The van der Waals surface area contributed by atoms with E-state index < -0.39 is 6.17 Å². The van der Waals surface area contributed by atoms with Crippen LogP contribution in [0.1, 0.15) is 50.5 Å². The molecule has 2 heteroatoms. The van der Waals surface area contributed by atoms with Crippen LogP contribution in [0.15, 0.2) is 42.5 Å². The normalized spacial score (nSPS) is 20.8. The molecule has 0 radical (unpaired) electrons. The summed E-state index contributed by atoms with van der Waals surface area (Å²) >= 11 is 0. The maximum Gasteiger partial charge on any atom is 0.133 e. The summed E-state index contributed by atoms with van der Waals surface area (Å²) in [7, 11) is 0. The molecule has 0 saturated heterocycles. The molecule has 1 aliphatic rings. The summed E-state index contributed by atoms with van der Waals surface area (Å²) in [5.41, 5.74) is 1.32. The highest BCUT2D eigenvalue weighted by molar-refractivity contribution is 5.79. The Kier molecular flexibility index (Phi) is 6.65. The fraction of sp³-hybridized carbons (Fsp3) is 0.526. The third-order valence-electron chi connectivity index (χ3n) is 4.15. The molecule has 0 aliphatic heterocycles. The molecular weight excluding hydrogens is 263 g/mol. The molecule has 0 unspecified atom stereocenters. The van der Waals surface area contributed by atoms with Gasteiger partial charge in [-0.15, -0.1) is 0 Å². The van der Waals surface area contributed by atoms with E-state index in [0.29, 0.717) is 25.0 Å². The number of carbonyl (C=O) groups is 1. The first kappa shape index (κ1) is 15.9. The van der Waals surface area contributed by atoms with E-state index in [2.05, 4.69) is 12.1 Å². The van der Waals surface area contributed by atoms with Crippen molar-refractivity contribution in [1.82, 2.24) is 0 Å². The number of halogens is 1. The SMILES string of the molecule is O=C1CCC[C@@H](/C=C/[C@@H](F)CCCCc2ccccc2)C1. The Morgan fingerprint density at radius 2 is 2.05 bits per heavy atom. The number of aryl methyl sites for hydroxylation is 1. The second kappa shape index (κ2) is 8.76. The van der Waals surface area contributed by atoms with Crippen molar-refractivity contribution in [2.45, 2.75) is 57.5 Å². The minimum Gasteiger partial charge on any atom is -0.300 e. The minimum absolute atomic E-state index is 0.272. The van der Waals surface area contributed by atoms with Crippen molar-refractivity contribution < 1.29 is 9.18 Å². The van der Waals surface area contributed by atoms with Gasteiger partial charge in [0, 0.05) is 12.8 Å². The van der Waals surface area contributed by atoms with Gasteiger partial charge in [0.15, 0.2) is 0 Å². The van der Waals surface area contributed by atoms with Gasteiger partial charge in [-0.05, 0) is 50.0 Å². The predicted molar refractivity (Wildman–Crippen MR) is 85.0 cm³/mol. The lowest BCUT2D eigenvalue weighted by Crippen LogP contribution is -2.13. The molecule has 1 aromatic rings. The van der Waals surface area contributed by atoms with Gasteiger partial charge in [0.1, 0.15) is 12.0 Å².